The van der Waals surface area contributed by atoms with Gasteiger partial charge in [0, 0.05) is 13.0 Å². The van der Waals surface area contributed by atoms with Gasteiger partial charge in [0.15, 0.2) is 0 Å². The van der Waals surface area contributed by atoms with E-state index in [1.807, 2.05) is 0 Å². The van der Waals surface area contributed by atoms with Crippen molar-refractivity contribution in [2.45, 2.75) is 27.2 Å². The van der Waals surface area contributed by atoms with Crippen molar-refractivity contribution in [1.29, 1.82) is 0 Å². The summed E-state index contributed by atoms with van der Waals surface area (Å²) in [5.41, 5.74) is 3.84. The summed E-state index contributed by atoms with van der Waals surface area (Å²) >= 11 is 0. The molecule has 0 spiro atoms. The molecule has 142 valence electrons. The van der Waals surface area contributed by atoms with Gasteiger partial charge in [-0.3, -0.25) is 0 Å². The van der Waals surface area contributed by atoms with Crippen LogP contribution in [0.3, 0.4) is 0 Å². The molecule has 3 rings (SSSR count). The average Bonchev–Trinajstić information content (AvgIpc) is 2.66. The van der Waals surface area contributed by atoms with Crippen LogP contribution in [0.2, 0.25) is 0 Å². The average molecular weight is 443 g/mol. The zero-order valence-corrected chi connectivity index (χ0v) is 18.8. The largest absolute Gasteiger partial charge is 1.00 e. The highest BCUT2D eigenvalue weighted by atomic mass is 79.9. The van der Waals surface area contributed by atoms with E-state index >= 15 is 0 Å². The molecule has 0 saturated heterocycles. The Morgan fingerprint density at radius 3 is 1.15 bits per heavy atom. The normalized spacial score (nSPS) is 11.1. The standard InChI is InChI=1S/C24H28OP.BrH/c1-19-5-11-22(12-6-19)26(18-4-17-25,23-13-7-20(2)8-14-23)24-15-9-21(3)10-16-24;/h5-16,25H,4,17-18H2,1-3H3;1H/q+1;/p-1. The van der Waals surface area contributed by atoms with Gasteiger partial charge < -0.3 is 22.1 Å². The third-order valence-electron chi connectivity index (χ3n) is 5.08. The minimum atomic E-state index is -1.79. The first-order valence-electron chi connectivity index (χ1n) is 9.27. The molecule has 1 N–H and O–H groups in total. The third kappa shape index (κ3) is 4.69. The quantitative estimate of drug-likeness (QED) is 0.570. The molecule has 0 bridgehead atoms. The molecular weight excluding hydrogens is 415 g/mol. The Morgan fingerprint density at radius 1 is 0.593 bits per heavy atom. The van der Waals surface area contributed by atoms with Crippen LogP contribution in [0.1, 0.15) is 23.1 Å². The topological polar surface area (TPSA) is 20.2 Å². The van der Waals surface area contributed by atoms with Gasteiger partial charge in [-0.05, 0) is 57.2 Å². The Bertz CT molecular complexity index is 728. The molecular formula is C24H28BrOP. The number of aliphatic hydroxyl groups is 1. The second-order valence-corrected chi connectivity index (χ2v) is 10.7. The number of halogens is 1. The Labute approximate surface area is 174 Å². The fraction of sp³-hybridized carbons (Fsp3) is 0.250. The van der Waals surface area contributed by atoms with E-state index in [1.54, 1.807) is 0 Å². The lowest BCUT2D eigenvalue weighted by molar-refractivity contribution is -0.00000643. The first-order chi connectivity index (χ1) is 12.6. The van der Waals surface area contributed by atoms with Crippen molar-refractivity contribution in [2.24, 2.45) is 0 Å². The molecule has 3 heteroatoms. The van der Waals surface area contributed by atoms with Gasteiger partial charge in [0.05, 0.1) is 6.16 Å². The second-order valence-electron chi connectivity index (χ2n) is 7.12. The highest BCUT2D eigenvalue weighted by Crippen LogP contribution is 2.55. The second kappa shape index (κ2) is 9.64. The molecule has 0 aliphatic rings. The van der Waals surface area contributed by atoms with Gasteiger partial charge in [-0.1, -0.05) is 53.1 Å². The summed E-state index contributed by atoms with van der Waals surface area (Å²) in [6.45, 7) is 6.63. The molecule has 0 amide bonds. The maximum Gasteiger partial charge on any atom is 0.112 e. The molecule has 0 aliphatic carbocycles. The molecule has 3 aromatic carbocycles. The van der Waals surface area contributed by atoms with Gasteiger partial charge >= 0.3 is 0 Å². The van der Waals surface area contributed by atoms with Crippen molar-refractivity contribution < 1.29 is 22.1 Å². The van der Waals surface area contributed by atoms with E-state index in [0.717, 1.165) is 12.6 Å². The van der Waals surface area contributed by atoms with Crippen LogP contribution in [-0.4, -0.2) is 17.9 Å². The van der Waals surface area contributed by atoms with E-state index in [0.29, 0.717) is 0 Å². The predicted octanol–water partition coefficient (Wildman–Crippen LogP) is 1.29. The Balaban J connectivity index is 0.00000261. The maximum absolute atomic E-state index is 9.62. The lowest BCUT2D eigenvalue weighted by Crippen LogP contribution is -3.00. The number of benzene rings is 3. The smallest absolute Gasteiger partial charge is 0.112 e. The molecule has 0 heterocycles. The van der Waals surface area contributed by atoms with Gasteiger partial charge in [0.1, 0.15) is 23.2 Å². The third-order valence-corrected chi connectivity index (χ3v) is 9.60. The summed E-state index contributed by atoms with van der Waals surface area (Å²) in [7, 11) is -1.79. The van der Waals surface area contributed by atoms with Crippen molar-refractivity contribution in [3.05, 3.63) is 89.5 Å². The molecule has 0 fully saturated rings. The van der Waals surface area contributed by atoms with Crippen molar-refractivity contribution in [2.75, 3.05) is 12.8 Å². The van der Waals surface area contributed by atoms with Crippen molar-refractivity contribution >= 4 is 23.2 Å². The van der Waals surface area contributed by atoms with E-state index in [2.05, 4.69) is 93.6 Å². The summed E-state index contributed by atoms with van der Waals surface area (Å²) in [4.78, 5) is 0. The number of aryl methyl sites for hydroxylation is 3. The van der Waals surface area contributed by atoms with Crippen LogP contribution < -0.4 is 32.9 Å². The summed E-state index contributed by atoms with van der Waals surface area (Å²) in [6, 6.07) is 27.0. The van der Waals surface area contributed by atoms with Gasteiger partial charge in [-0.15, -0.1) is 0 Å². The minimum Gasteiger partial charge on any atom is -1.00 e. The van der Waals surface area contributed by atoms with Gasteiger partial charge in [0.25, 0.3) is 0 Å². The molecule has 0 radical (unpaired) electrons. The maximum atomic E-state index is 9.62. The van der Waals surface area contributed by atoms with Crippen LogP contribution in [0.4, 0.5) is 0 Å². The molecule has 0 aliphatic heterocycles. The van der Waals surface area contributed by atoms with Gasteiger partial charge in [0.2, 0.25) is 0 Å². The highest BCUT2D eigenvalue weighted by Gasteiger charge is 2.44. The highest BCUT2D eigenvalue weighted by molar-refractivity contribution is 7.95. The van der Waals surface area contributed by atoms with Crippen LogP contribution in [0.15, 0.2) is 72.8 Å². The van der Waals surface area contributed by atoms with Crippen LogP contribution in [0.5, 0.6) is 0 Å². The monoisotopic (exact) mass is 442 g/mol. The van der Waals surface area contributed by atoms with Crippen LogP contribution >= 0.6 is 7.26 Å². The first kappa shape index (κ1) is 21.8. The molecule has 0 unspecified atom stereocenters. The van der Waals surface area contributed by atoms with E-state index < -0.39 is 7.26 Å². The van der Waals surface area contributed by atoms with Crippen LogP contribution in [0.25, 0.3) is 0 Å². The Hall–Kier alpha value is -1.47. The molecule has 0 aromatic heterocycles. The fourth-order valence-corrected chi connectivity index (χ4v) is 7.80. The fourth-order valence-electron chi connectivity index (χ4n) is 3.54. The van der Waals surface area contributed by atoms with Crippen molar-refractivity contribution in [3.8, 4) is 0 Å². The van der Waals surface area contributed by atoms with Crippen LogP contribution in [-0.2, 0) is 0 Å². The van der Waals surface area contributed by atoms with Crippen molar-refractivity contribution in [1.82, 2.24) is 0 Å². The molecule has 0 atom stereocenters. The molecule has 0 saturated carbocycles. The van der Waals surface area contributed by atoms with E-state index in [1.165, 1.54) is 32.6 Å². The Morgan fingerprint density at radius 2 is 0.889 bits per heavy atom. The number of aliphatic hydroxyl groups excluding tert-OH is 1. The molecule has 27 heavy (non-hydrogen) atoms. The number of hydrogen-bond donors (Lipinski definition) is 1. The van der Waals surface area contributed by atoms with E-state index in [4.69, 9.17) is 0 Å². The van der Waals surface area contributed by atoms with Crippen LogP contribution in [0, 0.1) is 20.8 Å². The Kier molecular flexibility index (Phi) is 7.79. The van der Waals surface area contributed by atoms with E-state index in [9.17, 15) is 5.11 Å². The lowest BCUT2D eigenvalue weighted by Gasteiger charge is -2.28. The molecule has 3 aromatic rings. The zero-order valence-electron chi connectivity index (χ0n) is 16.3. The summed E-state index contributed by atoms with van der Waals surface area (Å²) < 4.78 is 0. The minimum absolute atomic E-state index is 0. The SMILES string of the molecule is Cc1ccc([P+](CCCO)(c2ccc(C)cc2)c2ccc(C)cc2)cc1.[Br-]. The van der Waals surface area contributed by atoms with Gasteiger partial charge in [-0.25, -0.2) is 0 Å². The van der Waals surface area contributed by atoms with Gasteiger partial charge in [-0.2, -0.15) is 0 Å². The van der Waals surface area contributed by atoms with Crippen molar-refractivity contribution in [3.63, 3.8) is 0 Å². The molecule has 1 nitrogen and oxygen atoms in total. The zero-order chi connectivity index (χ0) is 18.6. The van der Waals surface area contributed by atoms with E-state index in [-0.39, 0.29) is 23.6 Å². The number of hydrogen-bond acceptors (Lipinski definition) is 1. The number of rotatable bonds is 6. The first-order valence-corrected chi connectivity index (χ1v) is 11.2. The summed E-state index contributed by atoms with van der Waals surface area (Å²) in [6.07, 6.45) is 1.79. The lowest BCUT2D eigenvalue weighted by atomic mass is 10.2. The summed E-state index contributed by atoms with van der Waals surface area (Å²) in [5.74, 6) is 0. The summed E-state index contributed by atoms with van der Waals surface area (Å²) in [5, 5.41) is 13.8. The predicted molar refractivity (Wildman–Crippen MR) is 116 cm³/mol.